The summed E-state index contributed by atoms with van der Waals surface area (Å²) in [5.41, 5.74) is 4.12. The van der Waals surface area contributed by atoms with E-state index in [1.807, 2.05) is 0 Å². The molecule has 27 heavy (non-hydrogen) atoms. The first-order chi connectivity index (χ1) is 12.1. The fraction of sp³-hybridized carbons (Fsp3) is 0.556. The number of ether oxygens (including phenoxy) is 1. The van der Waals surface area contributed by atoms with Crippen LogP contribution in [0.15, 0.2) is 17.1 Å². The van der Waals surface area contributed by atoms with Gasteiger partial charge in [0.1, 0.15) is 18.0 Å². The minimum absolute atomic E-state index is 0.231. The van der Waals surface area contributed by atoms with Crippen LogP contribution in [0.3, 0.4) is 0 Å². The summed E-state index contributed by atoms with van der Waals surface area (Å²) in [6, 6.07) is 1.06. The zero-order chi connectivity index (χ0) is 20.8. The number of nitrogens with zero attached hydrogens (tertiary/aromatic N) is 2. The zero-order valence-electron chi connectivity index (χ0n) is 12.8. The molecule has 0 spiro atoms. The predicted octanol–water partition coefficient (Wildman–Crippen LogP) is -1.74. The van der Waals surface area contributed by atoms with Gasteiger partial charge in [0, 0.05) is 6.20 Å². The molecular formula is C9H13F2N3O11P2. The van der Waals surface area contributed by atoms with E-state index in [9.17, 15) is 32.9 Å². The molecule has 0 amide bonds. The van der Waals surface area contributed by atoms with E-state index in [0.717, 1.165) is 12.3 Å². The Morgan fingerprint density at radius 1 is 1.26 bits per heavy atom. The summed E-state index contributed by atoms with van der Waals surface area (Å²) in [6.07, 6.45) is -13.3. The maximum atomic E-state index is 14.1. The van der Waals surface area contributed by atoms with Crippen molar-refractivity contribution in [3.8, 4) is 0 Å². The SMILES string of the molecule is Nc1ccn([C@@H]2O[C@H](C(F)(F)OP(=O)(O)OP(=O)(O)O)[C@@H](O)[C@H]2O)c(=O)n1. The summed E-state index contributed by atoms with van der Waals surface area (Å²) in [4.78, 5) is 40.8. The maximum absolute atomic E-state index is 14.1. The zero-order valence-corrected chi connectivity index (χ0v) is 14.6. The summed E-state index contributed by atoms with van der Waals surface area (Å²) in [5.74, 6) is -0.231. The van der Waals surface area contributed by atoms with E-state index < -0.39 is 52.0 Å². The number of alkyl halides is 2. The van der Waals surface area contributed by atoms with Crippen LogP contribution in [0.5, 0.6) is 0 Å². The quantitative estimate of drug-likeness (QED) is 0.271. The number of hydrogen-bond donors (Lipinski definition) is 6. The highest BCUT2D eigenvalue weighted by Gasteiger charge is 2.60. The van der Waals surface area contributed by atoms with Gasteiger partial charge in [0.05, 0.1) is 0 Å². The van der Waals surface area contributed by atoms with Crippen LogP contribution in [0.4, 0.5) is 14.6 Å². The Labute approximate surface area is 147 Å². The van der Waals surface area contributed by atoms with Crippen molar-refractivity contribution in [2.75, 3.05) is 5.73 Å². The van der Waals surface area contributed by atoms with Crippen LogP contribution in [0.2, 0.25) is 0 Å². The molecule has 18 heteroatoms. The summed E-state index contributed by atoms with van der Waals surface area (Å²) in [6.45, 7) is 0. The first-order valence-electron chi connectivity index (χ1n) is 6.67. The molecule has 0 radical (unpaired) electrons. The van der Waals surface area contributed by atoms with E-state index in [-0.39, 0.29) is 5.82 Å². The Kier molecular flexibility index (Phi) is 5.90. The molecule has 1 aliphatic heterocycles. The number of aliphatic hydroxyl groups is 2. The van der Waals surface area contributed by atoms with Crippen molar-refractivity contribution in [3.63, 3.8) is 0 Å². The van der Waals surface area contributed by atoms with E-state index in [4.69, 9.17) is 20.4 Å². The van der Waals surface area contributed by atoms with Crippen LogP contribution in [-0.2, 0) is 22.7 Å². The van der Waals surface area contributed by atoms with Gasteiger partial charge in [0.15, 0.2) is 12.3 Å². The van der Waals surface area contributed by atoms with Gasteiger partial charge in [-0.3, -0.25) is 4.57 Å². The number of phosphoric acid groups is 2. The molecule has 1 aromatic rings. The van der Waals surface area contributed by atoms with Crippen LogP contribution in [-0.4, -0.2) is 58.9 Å². The third kappa shape index (κ3) is 5.14. The molecule has 2 rings (SSSR count). The second-order valence-corrected chi connectivity index (χ2v) is 7.92. The van der Waals surface area contributed by atoms with Gasteiger partial charge in [-0.1, -0.05) is 0 Å². The average Bonchev–Trinajstić information content (AvgIpc) is 2.72. The lowest BCUT2D eigenvalue weighted by molar-refractivity contribution is -0.271. The highest BCUT2D eigenvalue weighted by molar-refractivity contribution is 7.60. The molecule has 1 aromatic heterocycles. The largest absolute Gasteiger partial charge is 0.485 e. The van der Waals surface area contributed by atoms with Crippen LogP contribution < -0.4 is 11.4 Å². The number of aliphatic hydroxyl groups excluding tert-OH is 2. The minimum atomic E-state index is -6.03. The molecule has 2 heterocycles. The van der Waals surface area contributed by atoms with Gasteiger partial charge in [0.2, 0.25) is 0 Å². The Bertz CT molecular complexity index is 860. The molecule has 0 bridgehead atoms. The number of halogens is 2. The number of rotatable bonds is 6. The normalized spacial score (nSPS) is 28.9. The van der Waals surface area contributed by atoms with Crippen LogP contribution in [0.25, 0.3) is 0 Å². The summed E-state index contributed by atoms with van der Waals surface area (Å²) < 4.78 is 61.7. The van der Waals surface area contributed by atoms with E-state index in [0.29, 0.717) is 4.57 Å². The standard InChI is InChI=1S/C9H13F2N3O11P2/c10-9(11,24-27(21,22)25-26(18,19)20)6-4(15)5(16)7(23-6)14-2-1-3(12)13-8(14)17/h1-2,4-7,15-16H,(H,21,22)(H2,12,13,17)(H2,18,19,20)/t4-,5+,6-,7+/m0/s1. The average molecular weight is 439 g/mol. The van der Waals surface area contributed by atoms with Crippen molar-refractivity contribution in [1.82, 2.24) is 9.55 Å². The fourth-order valence-electron chi connectivity index (χ4n) is 2.14. The smallest absolute Gasteiger partial charge is 0.387 e. The minimum Gasteiger partial charge on any atom is -0.387 e. The Balaban J connectivity index is 2.26. The summed E-state index contributed by atoms with van der Waals surface area (Å²) >= 11 is 0. The number of nitrogens with two attached hydrogens (primary N) is 1. The van der Waals surface area contributed by atoms with Gasteiger partial charge >= 0.3 is 27.4 Å². The fourth-order valence-corrected chi connectivity index (χ4v) is 3.76. The van der Waals surface area contributed by atoms with Gasteiger partial charge in [-0.25, -0.2) is 18.4 Å². The molecule has 1 aliphatic rings. The predicted molar refractivity (Wildman–Crippen MR) is 77.8 cm³/mol. The van der Waals surface area contributed by atoms with Gasteiger partial charge in [-0.05, 0) is 6.07 Å². The van der Waals surface area contributed by atoms with Crippen molar-refractivity contribution in [1.29, 1.82) is 0 Å². The lowest BCUT2D eigenvalue weighted by Gasteiger charge is -2.26. The van der Waals surface area contributed by atoms with E-state index in [1.165, 1.54) is 0 Å². The van der Waals surface area contributed by atoms with Gasteiger partial charge < -0.3 is 35.4 Å². The highest BCUT2D eigenvalue weighted by Crippen LogP contribution is 2.60. The molecule has 14 nitrogen and oxygen atoms in total. The summed E-state index contributed by atoms with van der Waals surface area (Å²) in [5, 5.41) is 19.6. The number of phosphoric ester groups is 1. The number of aromatic nitrogens is 2. The van der Waals surface area contributed by atoms with Crippen molar-refractivity contribution < 1.29 is 56.4 Å². The molecule has 1 unspecified atom stereocenters. The lowest BCUT2D eigenvalue weighted by atomic mass is 10.1. The molecular weight excluding hydrogens is 426 g/mol. The second-order valence-electron chi connectivity index (χ2n) is 5.16. The van der Waals surface area contributed by atoms with Crippen molar-refractivity contribution >= 4 is 21.5 Å². The van der Waals surface area contributed by atoms with Crippen molar-refractivity contribution in [2.45, 2.75) is 30.6 Å². The van der Waals surface area contributed by atoms with Crippen molar-refractivity contribution in [3.05, 3.63) is 22.7 Å². The Morgan fingerprint density at radius 3 is 2.37 bits per heavy atom. The first-order valence-corrected chi connectivity index (χ1v) is 9.70. The third-order valence-electron chi connectivity index (χ3n) is 3.14. The van der Waals surface area contributed by atoms with Crippen molar-refractivity contribution in [2.24, 2.45) is 0 Å². The van der Waals surface area contributed by atoms with Crippen LogP contribution >= 0.6 is 15.6 Å². The molecule has 5 atom stereocenters. The molecule has 154 valence electrons. The maximum Gasteiger partial charge on any atom is 0.485 e. The molecule has 1 fully saturated rings. The van der Waals surface area contributed by atoms with Gasteiger partial charge in [0.25, 0.3) is 0 Å². The Morgan fingerprint density at radius 2 is 1.85 bits per heavy atom. The van der Waals surface area contributed by atoms with Crippen LogP contribution in [0.1, 0.15) is 6.23 Å². The van der Waals surface area contributed by atoms with E-state index >= 15 is 0 Å². The second kappa shape index (κ2) is 7.25. The first kappa shape index (κ1) is 22.0. The van der Waals surface area contributed by atoms with Gasteiger partial charge in [-0.15, -0.1) is 0 Å². The monoisotopic (exact) mass is 439 g/mol. The third-order valence-corrected chi connectivity index (χ3v) is 5.29. The van der Waals surface area contributed by atoms with E-state index in [1.54, 1.807) is 0 Å². The van der Waals surface area contributed by atoms with E-state index in [2.05, 4.69) is 18.6 Å². The Hall–Kier alpha value is -1.32. The highest BCUT2D eigenvalue weighted by atomic mass is 31.3. The summed E-state index contributed by atoms with van der Waals surface area (Å²) in [7, 11) is -11.7. The number of anilines is 1. The van der Waals surface area contributed by atoms with Crippen LogP contribution in [0, 0.1) is 0 Å². The van der Waals surface area contributed by atoms with Gasteiger partial charge in [-0.2, -0.15) is 18.1 Å². The molecule has 0 aliphatic carbocycles. The number of nitrogen functional groups attached to an aromatic ring is 1. The topological polar surface area (TPSA) is 224 Å². The molecule has 0 aromatic carbocycles. The number of hydrogen-bond acceptors (Lipinski definition) is 10. The molecule has 1 saturated heterocycles. The molecule has 7 N–H and O–H groups in total. The molecule has 0 saturated carbocycles. The lowest BCUT2D eigenvalue weighted by Crippen LogP contribution is -2.44.